The predicted octanol–water partition coefficient (Wildman–Crippen LogP) is 0.479. The maximum Gasteiger partial charge on any atom is 0.206 e. The lowest BCUT2D eigenvalue weighted by Gasteiger charge is -2.08. The van der Waals surface area contributed by atoms with E-state index in [9.17, 15) is 0 Å². The number of guanidine groups is 1. The summed E-state index contributed by atoms with van der Waals surface area (Å²) in [6, 6.07) is 0. The average molecular weight is 257 g/mol. The average Bonchev–Trinajstić information content (AvgIpc) is 2.86. The molecule has 96 valence electrons. The number of hydrazine groups is 1. The predicted molar refractivity (Wildman–Crippen MR) is 69.7 cm³/mol. The largest absolute Gasteiger partial charge is 0.382 e. The molecule has 0 radical (unpaired) electrons. The van der Waals surface area contributed by atoms with Crippen molar-refractivity contribution in [2.45, 2.75) is 19.9 Å². The van der Waals surface area contributed by atoms with E-state index in [2.05, 4.69) is 20.7 Å². The van der Waals surface area contributed by atoms with Crippen LogP contribution in [0, 0.1) is 0 Å². The minimum Gasteiger partial charge on any atom is -0.382 e. The van der Waals surface area contributed by atoms with Crippen molar-refractivity contribution in [3.8, 4) is 0 Å². The highest BCUT2D eigenvalue weighted by molar-refractivity contribution is 7.09. The molecule has 7 heteroatoms. The summed E-state index contributed by atoms with van der Waals surface area (Å²) >= 11 is 1.58. The Kier molecular flexibility index (Phi) is 7.28. The molecule has 17 heavy (non-hydrogen) atoms. The normalized spacial score (nSPS) is 11.5. The standard InChI is InChI=1S/C10H19N5OS/c1-2-16-5-3-4-13-10(15-11)14-7-9-6-12-8-17-9/h6,8H,2-5,7,11H2,1H3,(H2,13,14,15). The van der Waals surface area contributed by atoms with Crippen molar-refractivity contribution in [3.05, 3.63) is 16.6 Å². The highest BCUT2D eigenvalue weighted by atomic mass is 32.1. The molecule has 1 aromatic rings. The first-order valence-corrected chi connectivity index (χ1v) is 6.44. The maximum absolute atomic E-state index is 5.37. The summed E-state index contributed by atoms with van der Waals surface area (Å²) in [7, 11) is 0. The maximum atomic E-state index is 5.37. The molecule has 0 unspecified atom stereocenters. The molecule has 1 rings (SSSR count). The summed E-state index contributed by atoms with van der Waals surface area (Å²) in [4.78, 5) is 9.39. The fraction of sp³-hybridized carbons (Fsp3) is 0.600. The molecule has 0 bridgehead atoms. The Balaban J connectivity index is 2.20. The minimum atomic E-state index is 0.586. The van der Waals surface area contributed by atoms with Crippen molar-refractivity contribution in [1.82, 2.24) is 15.7 Å². The lowest BCUT2D eigenvalue weighted by molar-refractivity contribution is 0.145. The van der Waals surface area contributed by atoms with Crippen molar-refractivity contribution in [1.29, 1.82) is 0 Å². The zero-order valence-electron chi connectivity index (χ0n) is 9.98. The van der Waals surface area contributed by atoms with Gasteiger partial charge in [0.25, 0.3) is 0 Å². The third-order valence-electron chi connectivity index (χ3n) is 1.98. The lowest BCUT2D eigenvalue weighted by atomic mass is 10.4. The van der Waals surface area contributed by atoms with Crippen molar-refractivity contribution in [3.63, 3.8) is 0 Å². The molecule has 4 N–H and O–H groups in total. The van der Waals surface area contributed by atoms with Gasteiger partial charge in [-0.25, -0.2) is 10.8 Å². The summed E-state index contributed by atoms with van der Waals surface area (Å²) in [6.07, 6.45) is 2.73. The lowest BCUT2D eigenvalue weighted by Crippen LogP contribution is -2.42. The van der Waals surface area contributed by atoms with Crippen molar-refractivity contribution < 1.29 is 4.74 Å². The SMILES string of the molecule is CCOCCCNC(=NCc1cncs1)NN. The highest BCUT2D eigenvalue weighted by Gasteiger charge is 1.97. The summed E-state index contributed by atoms with van der Waals surface area (Å²) in [5.74, 6) is 5.96. The zero-order chi connectivity index (χ0) is 12.3. The molecule has 0 saturated carbocycles. The fourth-order valence-corrected chi connectivity index (χ4v) is 1.67. The number of nitrogens with two attached hydrogens (primary N) is 1. The molecule has 0 aliphatic heterocycles. The summed E-state index contributed by atoms with van der Waals surface area (Å²) in [5.41, 5.74) is 4.33. The second-order valence-corrected chi connectivity index (χ2v) is 4.23. The van der Waals surface area contributed by atoms with Gasteiger partial charge in [-0.05, 0) is 13.3 Å². The van der Waals surface area contributed by atoms with E-state index in [4.69, 9.17) is 10.6 Å². The van der Waals surface area contributed by atoms with Gasteiger partial charge in [0, 0.05) is 30.8 Å². The number of aliphatic imine (C=N–C) groups is 1. The Morgan fingerprint density at radius 3 is 3.18 bits per heavy atom. The Bertz CT molecular complexity index is 315. The number of nitrogens with one attached hydrogen (secondary N) is 2. The number of rotatable bonds is 7. The van der Waals surface area contributed by atoms with Crippen LogP contribution in [0.1, 0.15) is 18.2 Å². The first-order chi connectivity index (χ1) is 8.36. The molecular weight excluding hydrogens is 238 g/mol. The van der Waals surface area contributed by atoms with Gasteiger partial charge in [-0.1, -0.05) is 0 Å². The molecule has 6 nitrogen and oxygen atoms in total. The Morgan fingerprint density at radius 2 is 2.53 bits per heavy atom. The van der Waals surface area contributed by atoms with Gasteiger partial charge in [0.15, 0.2) is 0 Å². The van der Waals surface area contributed by atoms with Gasteiger partial charge in [0.05, 0.1) is 12.1 Å². The molecule has 0 aliphatic rings. The van der Waals surface area contributed by atoms with E-state index < -0.39 is 0 Å². The number of hydrogen-bond donors (Lipinski definition) is 3. The Morgan fingerprint density at radius 1 is 1.65 bits per heavy atom. The zero-order valence-corrected chi connectivity index (χ0v) is 10.8. The van der Waals surface area contributed by atoms with Crippen LogP contribution < -0.4 is 16.6 Å². The first-order valence-electron chi connectivity index (χ1n) is 5.56. The molecule has 0 atom stereocenters. The topological polar surface area (TPSA) is 84.6 Å². The van der Waals surface area contributed by atoms with E-state index >= 15 is 0 Å². The Hall–Kier alpha value is -1.18. The molecule has 0 saturated heterocycles. The van der Waals surface area contributed by atoms with Gasteiger partial charge in [-0.2, -0.15) is 0 Å². The monoisotopic (exact) mass is 257 g/mol. The molecule has 0 aromatic carbocycles. The minimum absolute atomic E-state index is 0.586. The Labute approximate surface area is 105 Å². The van der Waals surface area contributed by atoms with Crippen molar-refractivity contribution >= 4 is 17.3 Å². The van der Waals surface area contributed by atoms with Crippen molar-refractivity contribution in [2.75, 3.05) is 19.8 Å². The van der Waals surface area contributed by atoms with Gasteiger partial charge in [-0.15, -0.1) is 11.3 Å². The second-order valence-electron chi connectivity index (χ2n) is 3.25. The molecule has 0 spiro atoms. The fourth-order valence-electron chi connectivity index (χ4n) is 1.16. The molecule has 1 aromatic heterocycles. The van der Waals surface area contributed by atoms with Crippen LogP contribution in [-0.2, 0) is 11.3 Å². The van der Waals surface area contributed by atoms with Crippen molar-refractivity contribution in [2.24, 2.45) is 10.8 Å². The number of aromatic nitrogens is 1. The third-order valence-corrected chi connectivity index (χ3v) is 2.74. The van der Waals surface area contributed by atoms with E-state index in [-0.39, 0.29) is 0 Å². The van der Waals surface area contributed by atoms with Crippen LogP contribution in [-0.4, -0.2) is 30.7 Å². The van der Waals surface area contributed by atoms with Crippen LogP contribution in [0.15, 0.2) is 16.7 Å². The summed E-state index contributed by atoms with van der Waals surface area (Å²) in [6.45, 7) is 4.85. The van der Waals surface area contributed by atoms with E-state index in [1.807, 2.05) is 6.92 Å². The quantitative estimate of drug-likeness (QED) is 0.217. The third kappa shape index (κ3) is 6.20. The summed E-state index contributed by atoms with van der Waals surface area (Å²) < 4.78 is 5.23. The van der Waals surface area contributed by atoms with E-state index in [0.717, 1.165) is 31.1 Å². The smallest absolute Gasteiger partial charge is 0.206 e. The molecule has 0 fully saturated rings. The van der Waals surface area contributed by atoms with E-state index in [0.29, 0.717) is 12.5 Å². The van der Waals surface area contributed by atoms with Gasteiger partial charge in [0.1, 0.15) is 0 Å². The highest BCUT2D eigenvalue weighted by Crippen LogP contribution is 2.06. The van der Waals surface area contributed by atoms with Crippen LogP contribution in [0.4, 0.5) is 0 Å². The van der Waals surface area contributed by atoms with Gasteiger partial charge in [-0.3, -0.25) is 10.4 Å². The molecular formula is C10H19N5OS. The van der Waals surface area contributed by atoms with Crippen LogP contribution in [0.25, 0.3) is 0 Å². The van der Waals surface area contributed by atoms with Gasteiger partial charge < -0.3 is 10.1 Å². The number of hydrogen-bond acceptors (Lipinski definition) is 5. The van der Waals surface area contributed by atoms with Crippen LogP contribution in [0.2, 0.25) is 0 Å². The van der Waals surface area contributed by atoms with Gasteiger partial charge in [0.2, 0.25) is 5.96 Å². The van der Waals surface area contributed by atoms with E-state index in [1.165, 1.54) is 0 Å². The van der Waals surface area contributed by atoms with Crippen LogP contribution >= 0.6 is 11.3 Å². The molecule has 0 amide bonds. The number of thiazole rings is 1. The van der Waals surface area contributed by atoms with Crippen LogP contribution in [0.3, 0.4) is 0 Å². The molecule has 0 aliphatic carbocycles. The number of nitrogens with zero attached hydrogens (tertiary/aromatic N) is 2. The number of ether oxygens (including phenoxy) is 1. The molecule has 1 heterocycles. The first kappa shape index (κ1) is 13.9. The van der Waals surface area contributed by atoms with Gasteiger partial charge >= 0.3 is 0 Å². The van der Waals surface area contributed by atoms with E-state index in [1.54, 1.807) is 23.0 Å². The second kappa shape index (κ2) is 8.91. The summed E-state index contributed by atoms with van der Waals surface area (Å²) in [5, 5.41) is 3.11. The van der Waals surface area contributed by atoms with Crippen LogP contribution in [0.5, 0.6) is 0 Å².